The van der Waals surface area contributed by atoms with Gasteiger partial charge in [-0.3, -0.25) is 0 Å². The fourth-order valence-electron chi connectivity index (χ4n) is 3.63. The van der Waals surface area contributed by atoms with Crippen molar-refractivity contribution in [3.05, 3.63) is 11.6 Å². The molecule has 3 rings (SSSR count). The van der Waals surface area contributed by atoms with Gasteiger partial charge in [0.15, 0.2) is 0 Å². The van der Waals surface area contributed by atoms with Gasteiger partial charge in [0.2, 0.25) is 0 Å². The van der Waals surface area contributed by atoms with Gasteiger partial charge in [0.25, 0.3) is 0 Å². The fourth-order valence-corrected chi connectivity index (χ4v) is 3.63. The van der Waals surface area contributed by atoms with E-state index in [0.29, 0.717) is 12.1 Å². The van der Waals surface area contributed by atoms with E-state index in [1.54, 1.807) is 0 Å². The van der Waals surface area contributed by atoms with Gasteiger partial charge in [-0.25, -0.2) is 0 Å². The second-order valence-electron chi connectivity index (χ2n) is 6.70. The van der Waals surface area contributed by atoms with Gasteiger partial charge >= 0.3 is 0 Å². The molecule has 0 aromatic carbocycles. The molecule has 1 saturated heterocycles. The third-order valence-electron chi connectivity index (χ3n) is 5.11. The van der Waals surface area contributed by atoms with Crippen LogP contribution in [0.2, 0.25) is 0 Å². The molecule has 1 aromatic heterocycles. The molecule has 2 aliphatic rings. The lowest BCUT2D eigenvalue weighted by molar-refractivity contribution is 0.178. The number of rotatable bonds is 4. The van der Waals surface area contributed by atoms with E-state index in [4.69, 9.17) is 0 Å². The molecule has 5 nitrogen and oxygen atoms in total. The largest absolute Gasteiger partial charge is 0.314 e. The summed E-state index contributed by atoms with van der Waals surface area (Å²) in [6.45, 7) is 5.61. The number of nitrogens with zero attached hydrogens (tertiary/aromatic N) is 4. The van der Waals surface area contributed by atoms with Crippen molar-refractivity contribution in [1.29, 1.82) is 0 Å². The Morgan fingerprint density at radius 3 is 2.86 bits per heavy atom. The number of aromatic nitrogens is 3. The van der Waals surface area contributed by atoms with Crippen LogP contribution >= 0.6 is 0 Å². The molecule has 21 heavy (non-hydrogen) atoms. The highest BCUT2D eigenvalue weighted by atomic mass is 15.3. The number of hydrogen-bond acceptors (Lipinski definition) is 4. The summed E-state index contributed by atoms with van der Waals surface area (Å²) in [6.07, 6.45) is 8.95. The molecule has 1 aromatic rings. The van der Waals surface area contributed by atoms with Crippen molar-refractivity contribution >= 4 is 0 Å². The first kappa shape index (κ1) is 15.0. The summed E-state index contributed by atoms with van der Waals surface area (Å²) >= 11 is 0. The molecule has 5 heteroatoms. The molecule has 2 unspecified atom stereocenters. The monoisotopic (exact) mass is 291 g/mol. The summed E-state index contributed by atoms with van der Waals surface area (Å²) in [4.78, 5) is 2.49. The number of hydrogen-bond donors (Lipinski definition) is 1. The van der Waals surface area contributed by atoms with Gasteiger partial charge < -0.3 is 14.8 Å². The standard InChI is InChI=1S/C16H29N5/c1-13(17-12-14-8-5-7-10-20(14)2)16-19-18-15-9-4-3-6-11-21(15)16/h13-14,17H,3-12H2,1-2H3. The van der Waals surface area contributed by atoms with E-state index in [2.05, 4.69) is 39.0 Å². The first-order valence-corrected chi connectivity index (χ1v) is 8.61. The second kappa shape index (κ2) is 6.88. The summed E-state index contributed by atoms with van der Waals surface area (Å²) < 4.78 is 2.36. The van der Waals surface area contributed by atoms with Crippen LogP contribution in [0.5, 0.6) is 0 Å². The molecule has 0 spiro atoms. The van der Waals surface area contributed by atoms with Crippen LogP contribution in [-0.2, 0) is 13.0 Å². The van der Waals surface area contributed by atoms with Crippen LogP contribution in [0.3, 0.4) is 0 Å². The third kappa shape index (κ3) is 3.46. The van der Waals surface area contributed by atoms with Gasteiger partial charge in [-0.05, 0) is 46.2 Å². The first-order chi connectivity index (χ1) is 10.3. The Morgan fingerprint density at radius 1 is 1.14 bits per heavy atom. The summed E-state index contributed by atoms with van der Waals surface area (Å²) in [7, 11) is 2.25. The summed E-state index contributed by atoms with van der Waals surface area (Å²) in [5.41, 5.74) is 0. The van der Waals surface area contributed by atoms with Crippen molar-refractivity contribution < 1.29 is 0 Å². The Morgan fingerprint density at radius 2 is 2.00 bits per heavy atom. The van der Waals surface area contributed by atoms with Crippen LogP contribution in [0, 0.1) is 0 Å². The maximum absolute atomic E-state index is 4.46. The number of fused-ring (bicyclic) bond motifs is 1. The Labute approximate surface area is 128 Å². The highest BCUT2D eigenvalue weighted by molar-refractivity contribution is 5.02. The Hall–Kier alpha value is -0.940. The zero-order valence-corrected chi connectivity index (χ0v) is 13.5. The van der Waals surface area contributed by atoms with Crippen molar-refractivity contribution in [2.45, 2.75) is 70.5 Å². The van der Waals surface area contributed by atoms with Crippen molar-refractivity contribution in [3.8, 4) is 0 Å². The highest BCUT2D eigenvalue weighted by Crippen LogP contribution is 2.19. The summed E-state index contributed by atoms with van der Waals surface area (Å²) in [5, 5.41) is 12.6. The Bertz CT molecular complexity index is 456. The van der Waals surface area contributed by atoms with Crippen LogP contribution < -0.4 is 5.32 Å². The average molecular weight is 291 g/mol. The van der Waals surface area contributed by atoms with E-state index in [9.17, 15) is 0 Å². The quantitative estimate of drug-likeness (QED) is 0.923. The van der Waals surface area contributed by atoms with E-state index in [1.165, 1.54) is 50.9 Å². The molecule has 1 fully saturated rings. The lowest BCUT2D eigenvalue weighted by Gasteiger charge is -2.33. The minimum Gasteiger partial charge on any atom is -0.314 e. The molecule has 0 bridgehead atoms. The zero-order valence-electron chi connectivity index (χ0n) is 13.5. The van der Waals surface area contributed by atoms with E-state index in [0.717, 1.165) is 25.3 Å². The summed E-state index contributed by atoms with van der Waals surface area (Å²) in [6, 6.07) is 0.965. The Kier molecular flexibility index (Phi) is 4.91. The molecule has 118 valence electrons. The number of aryl methyl sites for hydroxylation is 1. The number of piperidine rings is 1. The number of likely N-dealkylation sites (tertiary alicyclic amines) is 1. The third-order valence-corrected chi connectivity index (χ3v) is 5.11. The predicted octanol–water partition coefficient (Wildman–Crippen LogP) is 2.14. The molecular weight excluding hydrogens is 262 g/mol. The SMILES string of the molecule is CC(NCC1CCCCN1C)c1nnc2n1CCCCC2. The van der Waals surface area contributed by atoms with E-state index >= 15 is 0 Å². The summed E-state index contributed by atoms with van der Waals surface area (Å²) in [5.74, 6) is 2.32. The predicted molar refractivity (Wildman–Crippen MR) is 84.3 cm³/mol. The first-order valence-electron chi connectivity index (χ1n) is 8.61. The second-order valence-corrected chi connectivity index (χ2v) is 6.70. The smallest absolute Gasteiger partial charge is 0.149 e. The minimum atomic E-state index is 0.291. The molecule has 0 radical (unpaired) electrons. The van der Waals surface area contributed by atoms with Gasteiger partial charge in [-0.15, -0.1) is 10.2 Å². The zero-order chi connectivity index (χ0) is 14.7. The highest BCUT2D eigenvalue weighted by Gasteiger charge is 2.22. The van der Waals surface area contributed by atoms with Gasteiger partial charge in [0, 0.05) is 25.6 Å². The number of nitrogens with one attached hydrogen (secondary N) is 1. The van der Waals surface area contributed by atoms with Crippen molar-refractivity contribution in [2.24, 2.45) is 0 Å². The van der Waals surface area contributed by atoms with Crippen LogP contribution in [0.25, 0.3) is 0 Å². The topological polar surface area (TPSA) is 46.0 Å². The van der Waals surface area contributed by atoms with Crippen molar-refractivity contribution in [3.63, 3.8) is 0 Å². The van der Waals surface area contributed by atoms with Crippen LogP contribution in [-0.4, -0.2) is 45.8 Å². The number of likely N-dealkylation sites (N-methyl/N-ethyl adjacent to an activating group) is 1. The normalized spacial score (nSPS) is 25.3. The molecule has 2 atom stereocenters. The van der Waals surface area contributed by atoms with Crippen LogP contribution in [0.1, 0.15) is 63.1 Å². The van der Waals surface area contributed by atoms with E-state index in [-0.39, 0.29) is 0 Å². The average Bonchev–Trinajstić information content (AvgIpc) is 2.75. The van der Waals surface area contributed by atoms with Crippen LogP contribution in [0.4, 0.5) is 0 Å². The molecule has 2 aliphatic heterocycles. The molecule has 0 saturated carbocycles. The molecule has 3 heterocycles. The lowest BCUT2D eigenvalue weighted by Crippen LogP contribution is -2.43. The van der Waals surface area contributed by atoms with E-state index in [1.807, 2.05) is 0 Å². The van der Waals surface area contributed by atoms with Gasteiger partial charge in [-0.1, -0.05) is 12.8 Å². The van der Waals surface area contributed by atoms with Crippen molar-refractivity contribution in [2.75, 3.05) is 20.1 Å². The van der Waals surface area contributed by atoms with E-state index < -0.39 is 0 Å². The van der Waals surface area contributed by atoms with Gasteiger partial charge in [0.05, 0.1) is 6.04 Å². The van der Waals surface area contributed by atoms with Crippen molar-refractivity contribution in [1.82, 2.24) is 25.0 Å². The maximum atomic E-state index is 4.46. The molecule has 0 amide bonds. The lowest BCUT2D eigenvalue weighted by atomic mass is 10.0. The van der Waals surface area contributed by atoms with Crippen LogP contribution in [0.15, 0.2) is 0 Å². The fraction of sp³-hybridized carbons (Fsp3) is 0.875. The maximum Gasteiger partial charge on any atom is 0.149 e. The van der Waals surface area contributed by atoms with Gasteiger partial charge in [0.1, 0.15) is 11.6 Å². The Balaban J connectivity index is 1.60. The molecular formula is C16H29N5. The molecule has 0 aliphatic carbocycles. The van der Waals surface area contributed by atoms with Gasteiger partial charge in [-0.2, -0.15) is 0 Å². The minimum absolute atomic E-state index is 0.291. The molecule has 1 N–H and O–H groups in total.